The van der Waals surface area contributed by atoms with Gasteiger partial charge >= 0.3 is 5.97 Å². The van der Waals surface area contributed by atoms with Gasteiger partial charge < -0.3 is 4.74 Å². The second kappa shape index (κ2) is 6.55. The zero-order chi connectivity index (χ0) is 17.3. The Bertz CT molecular complexity index is 676. The number of nitrogens with zero attached hydrogens (tertiary/aromatic N) is 1. The number of Topliss-reactive ketones (excluding diaryl/α,β-unsaturated/α-hetero) is 1. The molecule has 0 aromatic heterocycles. The molecule has 0 spiro atoms. The number of fused-ring (bicyclic) bond motifs is 1. The molecule has 2 atom stereocenters. The summed E-state index contributed by atoms with van der Waals surface area (Å²) in [7, 11) is 1.31. The van der Waals surface area contributed by atoms with Gasteiger partial charge in [-0.2, -0.15) is 0 Å². The molecule has 3 rings (SSSR count). The highest BCUT2D eigenvalue weighted by Gasteiger charge is 2.41. The van der Waals surface area contributed by atoms with E-state index in [2.05, 4.69) is 0 Å². The first kappa shape index (κ1) is 16.4. The van der Waals surface area contributed by atoms with E-state index in [0.717, 1.165) is 17.7 Å². The number of ketones is 1. The fourth-order valence-electron chi connectivity index (χ4n) is 3.61. The maximum Gasteiger partial charge on any atom is 0.309 e. The van der Waals surface area contributed by atoms with Crippen LogP contribution in [0.1, 0.15) is 46.4 Å². The number of imide groups is 1. The van der Waals surface area contributed by atoms with Crippen molar-refractivity contribution in [2.45, 2.75) is 25.7 Å². The number of amides is 2. The first-order valence-electron chi connectivity index (χ1n) is 8.10. The number of hydrogen-bond donors (Lipinski definition) is 0. The van der Waals surface area contributed by atoms with Gasteiger partial charge in [-0.3, -0.25) is 24.1 Å². The van der Waals surface area contributed by atoms with Crippen molar-refractivity contribution in [3.63, 3.8) is 0 Å². The third kappa shape index (κ3) is 2.72. The standard InChI is InChI=1S/C18H19NO5/c1-24-18(23)14-9-5-2-6-11(14)15(20)10-19-16(21)12-7-3-4-8-13(12)17(19)22/h3-4,7-8,11,14H,2,5-6,9-10H2,1H3/t11-,14-/m1/s1. The van der Waals surface area contributed by atoms with Crippen LogP contribution in [0.2, 0.25) is 0 Å². The molecule has 1 aromatic rings. The van der Waals surface area contributed by atoms with Crippen LogP contribution in [0.4, 0.5) is 0 Å². The highest BCUT2D eigenvalue weighted by molar-refractivity contribution is 6.22. The number of ether oxygens (including phenoxy) is 1. The summed E-state index contributed by atoms with van der Waals surface area (Å²) in [6, 6.07) is 6.53. The summed E-state index contributed by atoms with van der Waals surface area (Å²) < 4.78 is 4.79. The lowest BCUT2D eigenvalue weighted by Gasteiger charge is -2.29. The molecule has 1 aromatic carbocycles. The van der Waals surface area contributed by atoms with E-state index in [0.29, 0.717) is 24.0 Å². The molecular formula is C18H19NO5. The van der Waals surface area contributed by atoms with Gasteiger partial charge in [-0.1, -0.05) is 25.0 Å². The zero-order valence-electron chi connectivity index (χ0n) is 13.5. The van der Waals surface area contributed by atoms with E-state index in [-0.39, 0.29) is 12.3 Å². The fourth-order valence-corrected chi connectivity index (χ4v) is 3.61. The number of esters is 1. The Morgan fingerprint density at radius 2 is 1.58 bits per heavy atom. The average molecular weight is 329 g/mol. The number of rotatable bonds is 4. The summed E-state index contributed by atoms with van der Waals surface area (Å²) in [5.41, 5.74) is 0.645. The molecule has 0 bridgehead atoms. The van der Waals surface area contributed by atoms with Gasteiger partial charge in [0.15, 0.2) is 5.78 Å². The van der Waals surface area contributed by atoms with Crippen LogP contribution in [0, 0.1) is 11.8 Å². The van der Waals surface area contributed by atoms with Crippen molar-refractivity contribution in [3.8, 4) is 0 Å². The van der Waals surface area contributed by atoms with Crippen LogP contribution >= 0.6 is 0 Å². The first-order chi connectivity index (χ1) is 11.5. The summed E-state index contributed by atoms with van der Waals surface area (Å²) in [5, 5.41) is 0. The highest BCUT2D eigenvalue weighted by Crippen LogP contribution is 2.32. The van der Waals surface area contributed by atoms with Crippen LogP contribution in [0.25, 0.3) is 0 Å². The Hall–Kier alpha value is -2.50. The van der Waals surface area contributed by atoms with E-state index in [1.54, 1.807) is 24.3 Å². The molecule has 2 amide bonds. The molecule has 1 aliphatic carbocycles. The van der Waals surface area contributed by atoms with Gasteiger partial charge in [0.2, 0.25) is 0 Å². The van der Waals surface area contributed by atoms with Crippen LogP contribution in [0.5, 0.6) is 0 Å². The minimum atomic E-state index is -0.490. The van der Waals surface area contributed by atoms with Crippen molar-refractivity contribution in [2.24, 2.45) is 11.8 Å². The van der Waals surface area contributed by atoms with Gasteiger partial charge in [-0.25, -0.2) is 0 Å². The second-order valence-electron chi connectivity index (χ2n) is 6.23. The van der Waals surface area contributed by atoms with Crippen molar-refractivity contribution in [1.29, 1.82) is 0 Å². The molecule has 1 aliphatic heterocycles. The highest BCUT2D eigenvalue weighted by atomic mass is 16.5. The molecule has 6 heteroatoms. The monoisotopic (exact) mass is 329 g/mol. The molecular weight excluding hydrogens is 310 g/mol. The van der Waals surface area contributed by atoms with Crippen molar-refractivity contribution >= 4 is 23.6 Å². The van der Waals surface area contributed by atoms with Gasteiger partial charge in [0.05, 0.1) is 30.7 Å². The Balaban J connectivity index is 1.76. The second-order valence-corrected chi connectivity index (χ2v) is 6.23. The largest absolute Gasteiger partial charge is 0.469 e. The number of carbonyl (C=O) groups excluding carboxylic acids is 4. The van der Waals surface area contributed by atoms with E-state index < -0.39 is 29.6 Å². The van der Waals surface area contributed by atoms with Gasteiger partial charge in [0, 0.05) is 5.92 Å². The van der Waals surface area contributed by atoms with Crippen LogP contribution in [-0.2, 0) is 14.3 Å². The lowest BCUT2D eigenvalue weighted by molar-refractivity contribution is -0.151. The molecule has 1 fully saturated rings. The van der Waals surface area contributed by atoms with Crippen molar-refractivity contribution in [2.75, 3.05) is 13.7 Å². The van der Waals surface area contributed by atoms with Crippen molar-refractivity contribution in [1.82, 2.24) is 4.90 Å². The smallest absolute Gasteiger partial charge is 0.309 e. The summed E-state index contributed by atoms with van der Waals surface area (Å²) in [4.78, 5) is 50.3. The zero-order valence-corrected chi connectivity index (χ0v) is 13.5. The third-order valence-electron chi connectivity index (χ3n) is 4.88. The summed E-state index contributed by atoms with van der Waals surface area (Å²) in [6.45, 7) is -0.287. The van der Waals surface area contributed by atoms with Crippen LogP contribution in [0.3, 0.4) is 0 Å². The maximum absolute atomic E-state index is 12.7. The number of benzene rings is 1. The Morgan fingerprint density at radius 3 is 2.12 bits per heavy atom. The minimum absolute atomic E-state index is 0.250. The minimum Gasteiger partial charge on any atom is -0.469 e. The van der Waals surface area contributed by atoms with E-state index in [1.807, 2.05) is 0 Å². The molecule has 0 saturated heterocycles. The summed E-state index contributed by atoms with van der Waals surface area (Å²) in [6.07, 6.45) is 2.91. The van der Waals surface area contributed by atoms with E-state index in [4.69, 9.17) is 4.74 Å². The topological polar surface area (TPSA) is 80.8 Å². The SMILES string of the molecule is COC(=O)[C@@H]1CCCC[C@H]1C(=O)CN1C(=O)c2ccccc2C1=O. The molecule has 24 heavy (non-hydrogen) atoms. The average Bonchev–Trinajstić information content (AvgIpc) is 2.86. The number of methoxy groups -OCH3 is 1. The molecule has 0 unspecified atom stereocenters. The molecule has 1 heterocycles. The van der Waals surface area contributed by atoms with Gasteiger partial charge in [-0.05, 0) is 25.0 Å². The third-order valence-corrected chi connectivity index (χ3v) is 4.88. The van der Waals surface area contributed by atoms with E-state index in [9.17, 15) is 19.2 Å². The molecule has 126 valence electrons. The van der Waals surface area contributed by atoms with Crippen molar-refractivity contribution < 1.29 is 23.9 Å². The fraction of sp³-hybridized carbons (Fsp3) is 0.444. The van der Waals surface area contributed by atoms with Crippen LogP contribution in [-0.4, -0.2) is 42.1 Å². The van der Waals surface area contributed by atoms with Gasteiger partial charge in [-0.15, -0.1) is 0 Å². The normalized spacial score (nSPS) is 23.1. The first-order valence-corrected chi connectivity index (χ1v) is 8.10. The predicted molar refractivity (Wildman–Crippen MR) is 84.3 cm³/mol. The van der Waals surface area contributed by atoms with Crippen LogP contribution < -0.4 is 0 Å². The molecule has 6 nitrogen and oxygen atoms in total. The molecule has 1 saturated carbocycles. The Labute approximate surface area is 139 Å². The molecule has 0 N–H and O–H groups in total. The van der Waals surface area contributed by atoms with Gasteiger partial charge in [0.25, 0.3) is 11.8 Å². The Kier molecular flexibility index (Phi) is 4.46. The maximum atomic E-state index is 12.7. The Morgan fingerprint density at radius 1 is 1.04 bits per heavy atom. The van der Waals surface area contributed by atoms with E-state index in [1.165, 1.54) is 7.11 Å². The van der Waals surface area contributed by atoms with Gasteiger partial charge in [0.1, 0.15) is 0 Å². The van der Waals surface area contributed by atoms with Crippen molar-refractivity contribution in [3.05, 3.63) is 35.4 Å². The summed E-state index contributed by atoms with van der Waals surface area (Å²) >= 11 is 0. The van der Waals surface area contributed by atoms with E-state index >= 15 is 0 Å². The van der Waals surface area contributed by atoms with Crippen LogP contribution in [0.15, 0.2) is 24.3 Å². The quantitative estimate of drug-likeness (QED) is 0.622. The molecule has 2 aliphatic rings. The predicted octanol–water partition coefficient (Wildman–Crippen LogP) is 1.83. The lowest BCUT2D eigenvalue weighted by Crippen LogP contribution is -2.41. The molecule has 0 radical (unpaired) electrons. The summed E-state index contributed by atoms with van der Waals surface area (Å²) in [5.74, 6) is -2.51. The number of hydrogen-bond acceptors (Lipinski definition) is 5. The lowest BCUT2D eigenvalue weighted by atomic mass is 9.77. The number of carbonyl (C=O) groups is 4.